The van der Waals surface area contributed by atoms with Crippen molar-refractivity contribution in [3.8, 4) is 5.69 Å². The third-order valence-electron chi connectivity index (χ3n) is 6.22. The Kier molecular flexibility index (Phi) is 6.91. The number of ether oxygens (including phenoxy) is 1. The maximum atomic E-state index is 12.4. The Hall–Kier alpha value is -3.36. The second-order valence-corrected chi connectivity index (χ2v) is 9.26. The predicted octanol–water partition coefficient (Wildman–Crippen LogP) is 4.81. The zero-order valence-corrected chi connectivity index (χ0v) is 20.0. The number of hydrogen-bond acceptors (Lipinski definition) is 5. The molecule has 3 aromatic rings. The molecule has 0 spiro atoms. The molecule has 0 bridgehead atoms. The Labute approximate surface area is 200 Å². The molecule has 0 aliphatic carbocycles. The lowest BCUT2D eigenvalue weighted by atomic mass is 9.77. The van der Waals surface area contributed by atoms with Gasteiger partial charge in [0.2, 0.25) is 0 Å². The first-order valence-corrected chi connectivity index (χ1v) is 11.3. The molecule has 8 heteroatoms. The van der Waals surface area contributed by atoms with Crippen molar-refractivity contribution in [2.75, 3.05) is 6.54 Å². The normalized spacial score (nSPS) is 16.9. The summed E-state index contributed by atoms with van der Waals surface area (Å²) in [6.07, 6.45) is 5.12. The highest BCUT2D eigenvalue weighted by atomic mass is 16.7. The summed E-state index contributed by atoms with van der Waals surface area (Å²) in [5, 5.41) is 7.10. The van der Waals surface area contributed by atoms with Gasteiger partial charge in [-0.25, -0.2) is 9.48 Å². The fraction of sp³-hybridized carbons (Fsp3) is 0.308. The summed E-state index contributed by atoms with van der Waals surface area (Å²) >= 11 is 0. The molecule has 1 fully saturated rings. The molecule has 1 aliphatic rings. The molecule has 1 amide bonds. The third kappa shape index (κ3) is 5.58. The topological polar surface area (TPSA) is 74.6 Å². The van der Waals surface area contributed by atoms with E-state index in [0.717, 1.165) is 22.3 Å². The van der Waals surface area contributed by atoms with Gasteiger partial charge in [-0.2, -0.15) is 5.10 Å². The zero-order valence-electron chi connectivity index (χ0n) is 20.0. The summed E-state index contributed by atoms with van der Waals surface area (Å²) in [6.45, 7) is 8.45. The second kappa shape index (κ2) is 9.87. The van der Waals surface area contributed by atoms with Crippen molar-refractivity contribution in [1.82, 2.24) is 15.1 Å². The molecule has 34 heavy (non-hydrogen) atoms. The fourth-order valence-electron chi connectivity index (χ4n) is 3.50. The highest BCUT2D eigenvalue weighted by Crippen LogP contribution is 2.38. The standard InChI is InChI=1S/C26H30BN3O4/c1-25(2)26(3,4)34-27(33-25)22(18-28-24(31)32-19-21-9-6-5-7-10-21)17-20-11-13-23(14-12-20)30-16-8-15-29-30/h5-17H,18-19H2,1-4H3,(H,28,31). The summed E-state index contributed by atoms with van der Waals surface area (Å²) in [4.78, 5) is 12.4. The average molecular weight is 459 g/mol. The Morgan fingerprint density at radius 3 is 2.32 bits per heavy atom. The maximum absolute atomic E-state index is 12.4. The Morgan fingerprint density at radius 1 is 1.03 bits per heavy atom. The summed E-state index contributed by atoms with van der Waals surface area (Å²) < 4.78 is 19.7. The number of carbonyl (C=O) groups is 1. The van der Waals surface area contributed by atoms with Gasteiger partial charge in [0, 0.05) is 18.9 Å². The van der Waals surface area contributed by atoms with Crippen LogP contribution in [-0.4, -0.2) is 40.7 Å². The summed E-state index contributed by atoms with van der Waals surface area (Å²) in [5.41, 5.74) is 2.66. The van der Waals surface area contributed by atoms with Crippen LogP contribution in [0.4, 0.5) is 4.79 Å². The molecule has 1 aliphatic heterocycles. The van der Waals surface area contributed by atoms with E-state index < -0.39 is 24.4 Å². The number of alkyl carbamates (subject to hydrolysis) is 1. The van der Waals surface area contributed by atoms with Crippen LogP contribution in [0, 0.1) is 0 Å². The molecule has 2 aromatic carbocycles. The van der Waals surface area contributed by atoms with E-state index in [1.807, 2.05) is 101 Å². The Bertz CT molecular complexity index is 1110. The van der Waals surface area contributed by atoms with Gasteiger partial charge < -0.3 is 19.4 Å². The van der Waals surface area contributed by atoms with Crippen LogP contribution in [0.2, 0.25) is 0 Å². The monoisotopic (exact) mass is 459 g/mol. The number of benzene rings is 2. The summed E-state index contributed by atoms with van der Waals surface area (Å²) in [6, 6.07) is 19.4. The molecule has 7 nitrogen and oxygen atoms in total. The van der Waals surface area contributed by atoms with E-state index in [2.05, 4.69) is 10.4 Å². The van der Waals surface area contributed by atoms with Gasteiger partial charge in [-0.15, -0.1) is 0 Å². The van der Waals surface area contributed by atoms with Crippen molar-refractivity contribution in [1.29, 1.82) is 0 Å². The molecule has 1 N–H and O–H groups in total. The largest absolute Gasteiger partial charge is 0.492 e. The van der Waals surface area contributed by atoms with Crippen molar-refractivity contribution in [2.24, 2.45) is 0 Å². The number of carbonyl (C=O) groups excluding carboxylic acids is 1. The zero-order chi connectivity index (χ0) is 24.2. The molecule has 0 saturated carbocycles. The molecular formula is C26H30BN3O4. The van der Waals surface area contributed by atoms with Gasteiger partial charge in [0.1, 0.15) is 6.61 Å². The van der Waals surface area contributed by atoms with Crippen molar-refractivity contribution >= 4 is 19.3 Å². The highest BCUT2D eigenvalue weighted by Gasteiger charge is 2.52. The fourth-order valence-corrected chi connectivity index (χ4v) is 3.50. The number of amides is 1. The van der Waals surface area contributed by atoms with Crippen molar-refractivity contribution in [3.63, 3.8) is 0 Å². The van der Waals surface area contributed by atoms with Gasteiger partial charge >= 0.3 is 13.2 Å². The first kappa shape index (κ1) is 23.8. The molecule has 1 saturated heterocycles. The van der Waals surface area contributed by atoms with Crippen LogP contribution in [-0.2, 0) is 20.7 Å². The van der Waals surface area contributed by atoms with Gasteiger partial charge in [-0.3, -0.25) is 0 Å². The molecule has 0 radical (unpaired) electrons. The first-order chi connectivity index (χ1) is 16.2. The van der Waals surface area contributed by atoms with Gasteiger partial charge in [0.05, 0.1) is 16.9 Å². The van der Waals surface area contributed by atoms with E-state index in [4.69, 9.17) is 14.0 Å². The molecule has 4 rings (SSSR count). The highest BCUT2D eigenvalue weighted by molar-refractivity contribution is 6.56. The summed E-state index contributed by atoms with van der Waals surface area (Å²) in [5.74, 6) is 0. The van der Waals surface area contributed by atoms with Gasteiger partial charge in [-0.05, 0) is 62.5 Å². The van der Waals surface area contributed by atoms with Crippen LogP contribution in [0.1, 0.15) is 38.8 Å². The molecule has 0 atom stereocenters. The van der Waals surface area contributed by atoms with E-state index in [0.29, 0.717) is 0 Å². The van der Waals surface area contributed by atoms with Gasteiger partial charge in [0.15, 0.2) is 0 Å². The second-order valence-electron chi connectivity index (χ2n) is 9.26. The SMILES string of the molecule is CC1(C)OB(C(=Cc2ccc(-n3cccn3)cc2)CNC(=O)OCc2ccccc2)OC1(C)C. The van der Waals surface area contributed by atoms with Crippen LogP contribution in [0.25, 0.3) is 11.8 Å². The van der Waals surface area contributed by atoms with E-state index in [1.165, 1.54) is 0 Å². The van der Waals surface area contributed by atoms with E-state index >= 15 is 0 Å². The third-order valence-corrected chi connectivity index (χ3v) is 6.22. The molecule has 176 valence electrons. The van der Waals surface area contributed by atoms with Crippen LogP contribution in [0.15, 0.2) is 78.5 Å². The molecule has 0 unspecified atom stereocenters. The Morgan fingerprint density at radius 2 is 1.71 bits per heavy atom. The minimum absolute atomic E-state index is 0.205. The van der Waals surface area contributed by atoms with Crippen molar-refractivity contribution < 1.29 is 18.8 Å². The van der Waals surface area contributed by atoms with Gasteiger partial charge in [-0.1, -0.05) is 48.5 Å². The van der Waals surface area contributed by atoms with Crippen LogP contribution in [0.3, 0.4) is 0 Å². The predicted molar refractivity (Wildman–Crippen MR) is 132 cm³/mol. The smallest absolute Gasteiger partial charge is 0.445 e. The number of nitrogens with one attached hydrogen (secondary N) is 1. The van der Waals surface area contributed by atoms with Crippen LogP contribution >= 0.6 is 0 Å². The first-order valence-electron chi connectivity index (χ1n) is 11.3. The van der Waals surface area contributed by atoms with E-state index in [9.17, 15) is 4.79 Å². The van der Waals surface area contributed by atoms with Gasteiger partial charge in [0.25, 0.3) is 0 Å². The van der Waals surface area contributed by atoms with Crippen molar-refractivity contribution in [2.45, 2.75) is 45.5 Å². The van der Waals surface area contributed by atoms with E-state index in [1.54, 1.807) is 10.9 Å². The maximum Gasteiger partial charge on any atom is 0.492 e. The van der Waals surface area contributed by atoms with Crippen molar-refractivity contribution in [3.05, 3.63) is 89.7 Å². The summed E-state index contributed by atoms with van der Waals surface area (Å²) in [7, 11) is -0.592. The Balaban J connectivity index is 1.48. The van der Waals surface area contributed by atoms with Crippen LogP contribution in [0.5, 0.6) is 0 Å². The lowest BCUT2D eigenvalue weighted by molar-refractivity contribution is 0.00578. The molecular weight excluding hydrogens is 429 g/mol. The van der Waals surface area contributed by atoms with E-state index in [-0.39, 0.29) is 13.2 Å². The quantitative estimate of drug-likeness (QED) is 0.513. The number of rotatable bonds is 7. The minimum atomic E-state index is -0.592. The van der Waals surface area contributed by atoms with Crippen LogP contribution < -0.4 is 5.32 Å². The lowest BCUT2D eigenvalue weighted by Gasteiger charge is -2.32. The minimum Gasteiger partial charge on any atom is -0.445 e. The average Bonchev–Trinajstić information content (AvgIpc) is 3.42. The molecule has 2 heterocycles. The number of hydrogen-bond donors (Lipinski definition) is 1. The number of aromatic nitrogens is 2. The molecule has 1 aromatic heterocycles. The lowest BCUT2D eigenvalue weighted by Crippen LogP contribution is -2.41. The number of nitrogens with zero attached hydrogens (tertiary/aromatic N) is 2.